The van der Waals surface area contributed by atoms with E-state index in [2.05, 4.69) is 5.32 Å². The molecule has 8 atom stereocenters. The number of rotatable bonds is 9. The number of halogens is 1. The molecule has 1 aromatic rings. The number of aliphatic hydroxyl groups excluding tert-OH is 1. The molecular formula is C39H58ClN3O10S. The first-order chi connectivity index (χ1) is 25.8. The highest BCUT2D eigenvalue weighted by Crippen LogP contribution is 2.49. The number of carbonyl (C=O) groups is 4. The first-order valence-electron chi connectivity index (χ1n) is 18.9. The molecule has 3 N–H and O–H groups in total. The molecule has 0 saturated carbocycles. The molecule has 0 radical (unpaired) electrons. The Kier molecular flexibility index (Phi) is 15.1. The van der Waals surface area contributed by atoms with Gasteiger partial charge in [0, 0.05) is 47.1 Å². The summed E-state index contributed by atoms with van der Waals surface area (Å²) in [6, 6.07) is 2.57. The van der Waals surface area contributed by atoms with Crippen LogP contribution in [0.3, 0.4) is 0 Å². The zero-order valence-electron chi connectivity index (χ0n) is 34.0. The third-order valence-corrected chi connectivity index (χ3v) is 11.9. The summed E-state index contributed by atoms with van der Waals surface area (Å²) in [4.78, 5) is 56.4. The number of nitrogens with zero attached hydrogens (tertiary/aromatic N) is 2. The van der Waals surface area contributed by atoms with Crippen LogP contribution in [0.1, 0.15) is 80.7 Å². The van der Waals surface area contributed by atoms with E-state index >= 15 is 0 Å². The van der Waals surface area contributed by atoms with Gasteiger partial charge in [-0.15, -0.1) is 0 Å². The lowest BCUT2D eigenvalue weighted by molar-refractivity contribution is -0.162. The van der Waals surface area contributed by atoms with E-state index < -0.39 is 65.7 Å². The van der Waals surface area contributed by atoms with Crippen molar-refractivity contribution in [3.63, 3.8) is 0 Å². The molecule has 4 rings (SSSR count). The van der Waals surface area contributed by atoms with Crippen molar-refractivity contribution in [1.29, 1.82) is 0 Å². The van der Waals surface area contributed by atoms with Crippen LogP contribution in [-0.2, 0) is 46.4 Å². The van der Waals surface area contributed by atoms with Gasteiger partial charge in [-0.1, -0.05) is 69.6 Å². The second-order valence-corrected chi connectivity index (χ2v) is 16.8. The Morgan fingerprint density at radius 1 is 1.28 bits per heavy atom. The molecule has 4 bridgehead atoms. The fourth-order valence-electron chi connectivity index (χ4n) is 6.84. The van der Waals surface area contributed by atoms with Crippen molar-refractivity contribution < 1.29 is 49.7 Å². The van der Waals surface area contributed by atoms with Gasteiger partial charge >= 0.3 is 12.1 Å². The van der Waals surface area contributed by atoms with Crippen LogP contribution in [-0.4, -0.2) is 113 Å². The SMILES string of the molecule is CO[C@@H]1/C=C/C=C(\C)Cc2cc(CO)c(Cl)c(c2)N(C)C(=O)C[C@H](OC(=O)[C@H](C)N(C)C(=O)CCSC(C)C)[C@]2(C)O[C@H]2[C@H](C)[C@@H]2C[C@@]1(O)NC(=O)O2.[2H]C. The Bertz CT molecular complexity index is 1610. The minimum atomic E-state index is -1.83. The number of aliphatic hydroxyl groups is 2. The van der Waals surface area contributed by atoms with Gasteiger partial charge in [-0.2, -0.15) is 11.8 Å². The molecule has 0 spiro atoms. The second-order valence-electron chi connectivity index (χ2n) is 14.7. The van der Waals surface area contributed by atoms with E-state index in [0.29, 0.717) is 28.7 Å². The maximum absolute atomic E-state index is 14.1. The molecule has 302 valence electrons. The van der Waals surface area contributed by atoms with E-state index in [9.17, 15) is 29.4 Å². The number of amides is 3. The summed E-state index contributed by atoms with van der Waals surface area (Å²) in [6.45, 7) is 10.7. The number of ether oxygens (including phenoxy) is 4. The van der Waals surface area contributed by atoms with Crippen LogP contribution in [0.25, 0.3) is 0 Å². The van der Waals surface area contributed by atoms with Gasteiger partial charge in [0.25, 0.3) is 0 Å². The molecule has 0 unspecified atom stereocenters. The number of esters is 1. The van der Waals surface area contributed by atoms with Crippen molar-refractivity contribution in [1.82, 2.24) is 10.2 Å². The molecule has 3 aliphatic heterocycles. The van der Waals surface area contributed by atoms with Crippen molar-refractivity contribution in [2.75, 3.05) is 31.9 Å². The highest BCUT2D eigenvalue weighted by molar-refractivity contribution is 7.99. The number of hydrogen-bond donors (Lipinski definition) is 3. The van der Waals surface area contributed by atoms with Gasteiger partial charge in [-0.3, -0.25) is 14.9 Å². The molecule has 13 nitrogen and oxygen atoms in total. The molecular weight excluding hydrogens is 738 g/mol. The van der Waals surface area contributed by atoms with Gasteiger partial charge in [0.15, 0.2) is 5.72 Å². The third kappa shape index (κ3) is 10.4. The lowest BCUT2D eigenvalue weighted by Crippen LogP contribution is -2.63. The number of thioether (sulfide) groups is 1. The van der Waals surface area contributed by atoms with Crippen LogP contribution in [0.5, 0.6) is 0 Å². The number of allylic oxidation sites excluding steroid dienone is 3. The molecule has 0 aromatic heterocycles. The Hall–Kier alpha value is -3.14. The van der Waals surface area contributed by atoms with E-state index in [0.717, 1.165) is 11.1 Å². The van der Waals surface area contributed by atoms with Crippen LogP contribution in [0.2, 0.25) is 5.02 Å². The number of fused-ring (bicyclic) bond motifs is 5. The molecule has 1 aromatic carbocycles. The highest BCUT2D eigenvalue weighted by atomic mass is 35.5. The molecule has 0 aliphatic carbocycles. The molecule has 15 heteroatoms. The summed E-state index contributed by atoms with van der Waals surface area (Å²) >= 11 is 8.37. The van der Waals surface area contributed by atoms with Crippen LogP contribution in [0.15, 0.2) is 35.9 Å². The Labute approximate surface area is 330 Å². The first-order valence-corrected chi connectivity index (χ1v) is 19.3. The highest BCUT2D eigenvalue weighted by Gasteiger charge is 2.64. The minimum Gasteiger partial charge on any atom is -0.457 e. The largest absolute Gasteiger partial charge is 0.457 e. The van der Waals surface area contributed by atoms with E-state index in [1.807, 2.05) is 26.8 Å². The fraction of sp³-hybridized carbons (Fsp3) is 0.641. The monoisotopic (exact) mass is 796 g/mol. The number of likely N-dealkylation sites (N-methyl/N-ethyl adjacent to an activating group) is 1. The fourth-order valence-corrected chi connectivity index (χ4v) is 7.90. The molecule has 2 saturated heterocycles. The maximum Gasteiger partial charge on any atom is 0.409 e. The van der Waals surface area contributed by atoms with Crippen molar-refractivity contribution in [3.8, 4) is 0 Å². The quantitative estimate of drug-likeness (QED) is 0.223. The number of nitrogens with one attached hydrogen (secondary N) is 1. The zero-order valence-corrected chi connectivity index (χ0v) is 34.6. The minimum absolute atomic E-state index is 0.0547. The lowest BCUT2D eigenvalue weighted by atomic mass is 9.83. The van der Waals surface area contributed by atoms with E-state index in [1.54, 1.807) is 70.9 Å². The summed E-state index contributed by atoms with van der Waals surface area (Å²) < 4.78 is 29.4. The van der Waals surface area contributed by atoms with E-state index in [-0.39, 0.29) is 36.8 Å². The normalized spacial score (nSPS) is 30.9. The van der Waals surface area contributed by atoms with Gasteiger partial charge < -0.3 is 39.0 Å². The predicted octanol–water partition coefficient (Wildman–Crippen LogP) is 5.17. The Balaban J connectivity index is 0.00000399. The number of benzene rings is 1. The summed E-state index contributed by atoms with van der Waals surface area (Å²) in [5.41, 5.74) is -0.575. The van der Waals surface area contributed by atoms with Crippen molar-refractivity contribution in [3.05, 3.63) is 52.1 Å². The zero-order chi connectivity index (χ0) is 41.4. The van der Waals surface area contributed by atoms with Crippen LogP contribution >= 0.6 is 23.4 Å². The average Bonchev–Trinajstić information content (AvgIpc) is 3.84. The number of epoxide rings is 1. The first kappa shape index (κ1) is 43.6. The number of carbonyl (C=O) groups excluding carboxylic acids is 4. The van der Waals surface area contributed by atoms with Gasteiger partial charge in [0.05, 0.1) is 29.8 Å². The van der Waals surface area contributed by atoms with E-state index in [4.69, 9.17) is 31.9 Å². The predicted molar refractivity (Wildman–Crippen MR) is 209 cm³/mol. The van der Waals surface area contributed by atoms with E-state index in [1.165, 1.54) is 24.3 Å². The molecule has 54 heavy (non-hydrogen) atoms. The number of alkyl carbamates (subject to hydrolysis) is 1. The molecule has 3 aliphatic rings. The van der Waals surface area contributed by atoms with Gasteiger partial charge in [0.2, 0.25) is 11.8 Å². The maximum atomic E-state index is 14.1. The Morgan fingerprint density at radius 3 is 2.59 bits per heavy atom. The van der Waals surface area contributed by atoms with Gasteiger partial charge in [0.1, 0.15) is 30.0 Å². The lowest BCUT2D eigenvalue weighted by Gasteiger charge is -2.42. The van der Waals surface area contributed by atoms with Crippen LogP contribution in [0.4, 0.5) is 10.5 Å². The molecule has 2 fully saturated rings. The summed E-state index contributed by atoms with van der Waals surface area (Å²) in [7, 11) is 5.77. The number of anilines is 1. The van der Waals surface area contributed by atoms with Crippen LogP contribution < -0.4 is 10.2 Å². The number of hydrogen-bond acceptors (Lipinski definition) is 11. The number of methoxy groups -OCH3 is 1. The second kappa shape index (κ2) is 18.7. The summed E-state index contributed by atoms with van der Waals surface area (Å²) in [6.07, 6.45) is 1.07. The summed E-state index contributed by atoms with van der Waals surface area (Å²) in [5, 5.41) is 24.9. The van der Waals surface area contributed by atoms with Crippen molar-refractivity contribution in [2.24, 2.45) is 5.92 Å². The van der Waals surface area contributed by atoms with Crippen molar-refractivity contribution >= 4 is 52.9 Å². The Morgan fingerprint density at radius 2 is 1.96 bits per heavy atom. The molecule has 3 amide bonds. The van der Waals surface area contributed by atoms with Gasteiger partial charge in [-0.05, 0) is 49.6 Å². The smallest absolute Gasteiger partial charge is 0.409 e. The van der Waals surface area contributed by atoms with Gasteiger partial charge in [-0.25, -0.2) is 9.59 Å². The van der Waals surface area contributed by atoms with Crippen LogP contribution in [0, 0.1) is 5.92 Å². The molecule has 3 heterocycles. The van der Waals surface area contributed by atoms with Crippen molar-refractivity contribution in [2.45, 2.75) is 128 Å². The topological polar surface area (TPSA) is 167 Å². The summed E-state index contributed by atoms with van der Waals surface area (Å²) in [5.74, 6) is -1.32. The third-order valence-electron chi connectivity index (χ3n) is 10.4. The standard InChI is InChI=1S/C38H54ClN3O10S.CH4/c1-21(2)53-14-13-31(44)41(7)24(5)35(46)51-30-18-32(45)42(8)27-17-25(16-26(20-43)33(27)39)15-22(3)11-10-12-29(49-9)38(48)19-28(50-36(47)40-38)23(4)34-37(30,6)52-34;/h10-12,16-17,21,23-24,28-30,34,43,48H,13-15,18-20H2,1-9H3,(H,40,47);1H4/b12-10+,22-11+;/t23-,24+,28+,29-,30+,34+,37+,38+;/m1./s1/i;1D. The average molecular weight is 797 g/mol.